The summed E-state index contributed by atoms with van der Waals surface area (Å²) in [5, 5.41) is 5.50. The number of nitrogens with zero attached hydrogens (tertiary/aromatic N) is 2. The SMILES string of the molecule is CNCC(=O)N1CCN(C)CC(C(=O)NC)C1. The molecule has 0 bridgehead atoms. The molecule has 6 nitrogen and oxygen atoms in total. The zero-order valence-corrected chi connectivity index (χ0v) is 10.8. The van der Waals surface area contributed by atoms with Crippen molar-refractivity contribution in [3.05, 3.63) is 0 Å². The Morgan fingerprint density at radius 2 is 1.94 bits per heavy atom. The molecular weight excluding hydrogens is 220 g/mol. The van der Waals surface area contributed by atoms with Gasteiger partial charge in [0.2, 0.25) is 11.8 Å². The minimum absolute atomic E-state index is 0.000933. The molecule has 1 aliphatic rings. The van der Waals surface area contributed by atoms with Gasteiger partial charge in [0.05, 0.1) is 12.5 Å². The van der Waals surface area contributed by atoms with Crippen LogP contribution in [0.4, 0.5) is 0 Å². The maximum absolute atomic E-state index is 11.8. The number of hydrogen-bond donors (Lipinski definition) is 2. The Morgan fingerprint density at radius 1 is 1.24 bits per heavy atom. The summed E-state index contributed by atoms with van der Waals surface area (Å²) in [5.74, 6) is -0.0917. The molecule has 1 atom stereocenters. The molecule has 98 valence electrons. The van der Waals surface area contributed by atoms with E-state index in [4.69, 9.17) is 0 Å². The quantitative estimate of drug-likeness (QED) is 0.622. The molecule has 1 aliphatic heterocycles. The highest BCUT2D eigenvalue weighted by Gasteiger charge is 2.27. The molecule has 1 unspecified atom stereocenters. The molecule has 0 aromatic heterocycles. The van der Waals surface area contributed by atoms with Crippen molar-refractivity contribution < 1.29 is 9.59 Å². The van der Waals surface area contributed by atoms with Gasteiger partial charge < -0.3 is 20.4 Å². The van der Waals surface area contributed by atoms with Gasteiger partial charge in [-0.25, -0.2) is 0 Å². The molecule has 2 amide bonds. The van der Waals surface area contributed by atoms with E-state index in [-0.39, 0.29) is 17.7 Å². The second kappa shape index (κ2) is 6.56. The van der Waals surface area contributed by atoms with Crippen LogP contribution < -0.4 is 10.6 Å². The van der Waals surface area contributed by atoms with Crippen LogP contribution in [0, 0.1) is 5.92 Å². The van der Waals surface area contributed by atoms with Crippen molar-refractivity contribution in [1.82, 2.24) is 20.4 Å². The maximum atomic E-state index is 11.8. The first kappa shape index (κ1) is 13.9. The molecule has 0 aliphatic carbocycles. The lowest BCUT2D eigenvalue weighted by Crippen LogP contribution is -2.43. The largest absolute Gasteiger partial charge is 0.359 e. The van der Waals surface area contributed by atoms with Crippen molar-refractivity contribution in [3.63, 3.8) is 0 Å². The van der Waals surface area contributed by atoms with Gasteiger partial charge in [-0.05, 0) is 14.1 Å². The van der Waals surface area contributed by atoms with Gasteiger partial charge in [-0.1, -0.05) is 0 Å². The topological polar surface area (TPSA) is 64.7 Å². The van der Waals surface area contributed by atoms with Gasteiger partial charge in [-0.2, -0.15) is 0 Å². The summed E-state index contributed by atoms with van der Waals surface area (Å²) in [5.41, 5.74) is 0. The van der Waals surface area contributed by atoms with E-state index in [1.807, 2.05) is 7.05 Å². The molecule has 1 saturated heterocycles. The molecule has 1 heterocycles. The van der Waals surface area contributed by atoms with Crippen LogP contribution in [0.15, 0.2) is 0 Å². The van der Waals surface area contributed by atoms with E-state index < -0.39 is 0 Å². The molecule has 6 heteroatoms. The fraction of sp³-hybridized carbons (Fsp3) is 0.818. The van der Waals surface area contributed by atoms with Gasteiger partial charge in [0.15, 0.2) is 0 Å². The summed E-state index contributed by atoms with van der Waals surface area (Å²) in [4.78, 5) is 27.4. The fourth-order valence-electron chi connectivity index (χ4n) is 2.03. The lowest BCUT2D eigenvalue weighted by Gasteiger charge is -2.23. The van der Waals surface area contributed by atoms with Gasteiger partial charge in [-0.3, -0.25) is 9.59 Å². The molecule has 0 radical (unpaired) electrons. The summed E-state index contributed by atoms with van der Waals surface area (Å²) >= 11 is 0. The van der Waals surface area contributed by atoms with Crippen molar-refractivity contribution in [2.24, 2.45) is 5.92 Å². The number of hydrogen-bond acceptors (Lipinski definition) is 4. The van der Waals surface area contributed by atoms with Crippen LogP contribution in [0.3, 0.4) is 0 Å². The van der Waals surface area contributed by atoms with Crippen molar-refractivity contribution in [3.8, 4) is 0 Å². The van der Waals surface area contributed by atoms with Crippen LogP contribution in [0.1, 0.15) is 0 Å². The summed E-state index contributed by atoms with van der Waals surface area (Å²) in [7, 11) is 5.35. The maximum Gasteiger partial charge on any atom is 0.236 e. The minimum atomic E-state index is -0.145. The highest BCUT2D eigenvalue weighted by atomic mass is 16.2. The predicted molar refractivity (Wildman–Crippen MR) is 65.6 cm³/mol. The molecule has 1 fully saturated rings. The minimum Gasteiger partial charge on any atom is -0.359 e. The van der Waals surface area contributed by atoms with E-state index in [1.54, 1.807) is 19.0 Å². The zero-order chi connectivity index (χ0) is 12.8. The molecule has 0 spiro atoms. The Morgan fingerprint density at radius 3 is 2.53 bits per heavy atom. The lowest BCUT2D eigenvalue weighted by atomic mass is 10.1. The molecule has 17 heavy (non-hydrogen) atoms. The number of amides is 2. The summed E-state index contributed by atoms with van der Waals surface area (Å²) in [6, 6.07) is 0. The monoisotopic (exact) mass is 242 g/mol. The van der Waals surface area contributed by atoms with Gasteiger partial charge >= 0.3 is 0 Å². The van der Waals surface area contributed by atoms with Crippen LogP contribution in [-0.2, 0) is 9.59 Å². The third-order valence-electron chi connectivity index (χ3n) is 3.02. The van der Waals surface area contributed by atoms with E-state index in [0.717, 1.165) is 6.54 Å². The van der Waals surface area contributed by atoms with Crippen LogP contribution in [-0.4, -0.2) is 75.5 Å². The predicted octanol–water partition coefficient (Wildman–Crippen LogP) is -1.66. The first-order valence-electron chi connectivity index (χ1n) is 5.91. The summed E-state index contributed by atoms with van der Waals surface area (Å²) in [6.07, 6.45) is 0. The van der Waals surface area contributed by atoms with Gasteiger partial charge in [0.1, 0.15) is 0 Å². The Kier molecular flexibility index (Phi) is 5.37. The average Bonchev–Trinajstić information content (AvgIpc) is 2.50. The van der Waals surface area contributed by atoms with E-state index in [0.29, 0.717) is 26.2 Å². The number of likely N-dealkylation sites (N-methyl/N-ethyl adjacent to an activating group) is 2. The van der Waals surface area contributed by atoms with Gasteiger partial charge in [0, 0.05) is 33.2 Å². The van der Waals surface area contributed by atoms with E-state index in [1.165, 1.54) is 0 Å². The van der Waals surface area contributed by atoms with E-state index in [2.05, 4.69) is 15.5 Å². The standard InChI is InChI=1S/C11H22N4O2/c1-12-6-10(16)15-5-4-14(3)7-9(8-15)11(17)13-2/h9,12H,4-8H2,1-3H3,(H,13,17). The third kappa shape index (κ3) is 3.98. The van der Waals surface area contributed by atoms with Crippen LogP contribution in [0.25, 0.3) is 0 Å². The molecule has 0 aromatic carbocycles. The Labute approximate surface area is 102 Å². The summed E-state index contributed by atoms with van der Waals surface area (Å²) < 4.78 is 0. The molecule has 2 N–H and O–H groups in total. The highest BCUT2D eigenvalue weighted by molar-refractivity contribution is 5.81. The Hall–Kier alpha value is -1.14. The van der Waals surface area contributed by atoms with Crippen LogP contribution in [0.2, 0.25) is 0 Å². The fourth-order valence-corrected chi connectivity index (χ4v) is 2.03. The van der Waals surface area contributed by atoms with E-state index in [9.17, 15) is 9.59 Å². The van der Waals surface area contributed by atoms with Gasteiger partial charge in [0.25, 0.3) is 0 Å². The summed E-state index contributed by atoms with van der Waals surface area (Å²) in [6.45, 7) is 3.02. The number of nitrogens with one attached hydrogen (secondary N) is 2. The second-order valence-corrected chi connectivity index (χ2v) is 4.44. The number of carbonyl (C=O) groups is 2. The second-order valence-electron chi connectivity index (χ2n) is 4.44. The number of rotatable bonds is 3. The average molecular weight is 242 g/mol. The Bertz CT molecular complexity index is 283. The highest BCUT2D eigenvalue weighted by Crippen LogP contribution is 2.08. The van der Waals surface area contributed by atoms with Crippen LogP contribution >= 0.6 is 0 Å². The lowest BCUT2D eigenvalue weighted by molar-refractivity contribution is -0.132. The first-order valence-corrected chi connectivity index (χ1v) is 5.91. The van der Waals surface area contributed by atoms with Crippen molar-refractivity contribution in [1.29, 1.82) is 0 Å². The smallest absolute Gasteiger partial charge is 0.236 e. The normalized spacial score (nSPS) is 22.1. The number of carbonyl (C=O) groups excluding carboxylic acids is 2. The van der Waals surface area contributed by atoms with Gasteiger partial charge in [-0.15, -0.1) is 0 Å². The zero-order valence-electron chi connectivity index (χ0n) is 10.8. The van der Waals surface area contributed by atoms with Crippen molar-refractivity contribution >= 4 is 11.8 Å². The third-order valence-corrected chi connectivity index (χ3v) is 3.02. The molecular formula is C11H22N4O2. The first-order chi connectivity index (χ1) is 8.08. The van der Waals surface area contributed by atoms with Crippen LogP contribution in [0.5, 0.6) is 0 Å². The Balaban J connectivity index is 2.67. The van der Waals surface area contributed by atoms with Crippen molar-refractivity contribution in [2.45, 2.75) is 0 Å². The molecule has 0 aromatic rings. The van der Waals surface area contributed by atoms with Crippen molar-refractivity contribution in [2.75, 3.05) is 53.9 Å². The molecule has 0 saturated carbocycles. The molecule has 1 rings (SSSR count). The van der Waals surface area contributed by atoms with E-state index >= 15 is 0 Å².